The van der Waals surface area contributed by atoms with Crippen molar-refractivity contribution in [1.29, 1.82) is 0 Å². The summed E-state index contributed by atoms with van der Waals surface area (Å²) in [6, 6.07) is 5.00. The number of hydroxylamine groups is 1. The molecule has 158 valence electrons. The zero-order valence-electron chi connectivity index (χ0n) is 15.8. The number of benzene rings is 1. The Bertz CT molecular complexity index is 819. The number of hydrogen-bond donors (Lipinski definition) is 6. The van der Waals surface area contributed by atoms with E-state index in [2.05, 4.69) is 17.2 Å². The number of ether oxygens (including phenoxy) is 1. The summed E-state index contributed by atoms with van der Waals surface area (Å²) < 4.78 is 24.7. The van der Waals surface area contributed by atoms with Gasteiger partial charge in [-0.1, -0.05) is 17.9 Å². The van der Waals surface area contributed by atoms with Crippen molar-refractivity contribution in [1.82, 2.24) is 10.8 Å². The Labute approximate surface area is 170 Å². The molecule has 2 rings (SSSR count). The van der Waals surface area contributed by atoms with Crippen molar-refractivity contribution in [2.24, 2.45) is 0 Å². The quantitative estimate of drug-likeness (QED) is 0.215. The fraction of sp³-hybridized carbons (Fsp3) is 0.368. The summed E-state index contributed by atoms with van der Waals surface area (Å²) in [6.45, 7) is 0.0561. The first-order valence-electron chi connectivity index (χ1n) is 8.68. The summed E-state index contributed by atoms with van der Waals surface area (Å²) in [5.41, 5.74) is 1.07. The third-order valence-electron chi connectivity index (χ3n) is 4.39. The van der Waals surface area contributed by atoms with Crippen LogP contribution in [0.1, 0.15) is 22.3 Å². The zero-order valence-corrected chi connectivity index (χ0v) is 16.6. The normalized spacial score (nSPS) is 18.7. The van der Waals surface area contributed by atoms with Gasteiger partial charge in [0.05, 0.1) is 11.5 Å². The van der Waals surface area contributed by atoms with E-state index in [4.69, 9.17) is 15.1 Å². The molecular weight excluding hydrogens is 400 g/mol. The summed E-state index contributed by atoms with van der Waals surface area (Å²) >= 11 is 0. The van der Waals surface area contributed by atoms with Crippen LogP contribution >= 0.6 is 10.6 Å². The van der Waals surface area contributed by atoms with E-state index >= 15 is 0 Å². The van der Waals surface area contributed by atoms with Crippen LogP contribution in [0.15, 0.2) is 36.4 Å². The number of allylic oxidation sites excluding steroid dienone is 1. The van der Waals surface area contributed by atoms with E-state index in [1.54, 1.807) is 24.3 Å². The van der Waals surface area contributed by atoms with Gasteiger partial charge in [-0.2, -0.15) is 10.6 Å². The zero-order chi connectivity index (χ0) is 21.5. The number of aliphatic hydroxyl groups excluding tert-OH is 1. The third-order valence-corrected chi connectivity index (χ3v) is 6.29. The lowest BCUT2D eigenvalue weighted by Crippen LogP contribution is -2.69. The summed E-state index contributed by atoms with van der Waals surface area (Å²) in [4.78, 5) is 24.7. The highest BCUT2D eigenvalue weighted by Crippen LogP contribution is 2.56. The largest absolute Gasteiger partial charge is 0.396 e. The molecule has 0 bridgehead atoms. The molecule has 1 saturated heterocycles. The molecule has 1 aromatic carbocycles. The number of hydrogen-bond acceptors (Lipinski definition) is 7. The van der Waals surface area contributed by atoms with Gasteiger partial charge in [0.25, 0.3) is 11.8 Å². The van der Waals surface area contributed by atoms with Gasteiger partial charge in [-0.3, -0.25) is 23.9 Å². The Hall–Kier alpha value is -2.39. The molecule has 1 atom stereocenters. The van der Waals surface area contributed by atoms with Crippen molar-refractivity contribution >= 4 is 22.4 Å². The Kier molecular flexibility index (Phi) is 7.80. The Morgan fingerprint density at radius 2 is 1.97 bits per heavy atom. The van der Waals surface area contributed by atoms with E-state index in [1.807, 2.05) is 0 Å². The van der Waals surface area contributed by atoms with Gasteiger partial charge in [-0.05, 0) is 36.8 Å². The van der Waals surface area contributed by atoms with E-state index in [9.17, 15) is 18.7 Å². The minimum absolute atomic E-state index is 0.0561. The van der Waals surface area contributed by atoms with Crippen LogP contribution in [0.2, 0.25) is 0 Å². The molecule has 1 aliphatic rings. The van der Waals surface area contributed by atoms with Crippen molar-refractivity contribution in [2.75, 3.05) is 25.2 Å². The van der Waals surface area contributed by atoms with Crippen molar-refractivity contribution in [3.05, 3.63) is 47.5 Å². The molecule has 10 heteroatoms. The summed E-state index contributed by atoms with van der Waals surface area (Å²) in [6.07, 6.45) is 3.89. The predicted octanol–water partition coefficient (Wildman–Crippen LogP) is 0.730. The summed E-state index contributed by atoms with van der Waals surface area (Å²) in [5, 5.41) is 20.2. The Morgan fingerprint density at radius 1 is 1.31 bits per heavy atom. The minimum Gasteiger partial charge on any atom is -0.396 e. The SMILES string of the molecule is COC1(C(NC(=O)c2ccc(C#CC=CCCO)cc2)C(=O)NO)CS(O)(O)C1. The van der Waals surface area contributed by atoms with Gasteiger partial charge >= 0.3 is 0 Å². The number of amides is 2. The number of methoxy groups -OCH3 is 1. The second-order valence-electron chi connectivity index (χ2n) is 6.50. The maximum atomic E-state index is 12.6. The molecule has 0 spiro atoms. The van der Waals surface area contributed by atoms with E-state index < -0.39 is 34.0 Å². The molecule has 1 unspecified atom stereocenters. The van der Waals surface area contributed by atoms with Crippen LogP contribution < -0.4 is 10.8 Å². The number of carbonyl (C=O) groups excluding carboxylic acids is 2. The van der Waals surface area contributed by atoms with Gasteiger partial charge in [0.1, 0.15) is 11.6 Å². The molecule has 1 heterocycles. The van der Waals surface area contributed by atoms with Crippen LogP contribution in [0.4, 0.5) is 0 Å². The number of nitrogens with one attached hydrogen (secondary N) is 2. The van der Waals surface area contributed by atoms with Crippen molar-refractivity contribution < 1.29 is 33.7 Å². The van der Waals surface area contributed by atoms with Crippen LogP contribution in [-0.2, 0) is 9.53 Å². The monoisotopic (exact) mass is 424 g/mol. The highest BCUT2D eigenvalue weighted by atomic mass is 32.3. The van der Waals surface area contributed by atoms with Crippen molar-refractivity contribution in [2.45, 2.75) is 18.1 Å². The van der Waals surface area contributed by atoms with Gasteiger partial charge < -0.3 is 15.2 Å². The number of rotatable bonds is 7. The molecular formula is C19H24N2O7S. The fourth-order valence-electron chi connectivity index (χ4n) is 2.90. The molecule has 6 N–H and O–H groups in total. The van der Waals surface area contributed by atoms with Crippen LogP contribution in [0.3, 0.4) is 0 Å². The highest BCUT2D eigenvalue weighted by molar-refractivity contribution is 8.25. The van der Waals surface area contributed by atoms with Crippen LogP contribution in [0, 0.1) is 11.8 Å². The highest BCUT2D eigenvalue weighted by Gasteiger charge is 2.57. The lowest BCUT2D eigenvalue weighted by atomic mass is 9.95. The average Bonchev–Trinajstić information content (AvgIpc) is 2.69. The molecule has 0 aliphatic carbocycles. The van der Waals surface area contributed by atoms with Crippen LogP contribution in [0.25, 0.3) is 0 Å². The van der Waals surface area contributed by atoms with E-state index in [0.717, 1.165) is 0 Å². The topological polar surface area (TPSA) is 148 Å². The molecule has 1 aromatic rings. The molecule has 0 radical (unpaired) electrons. The van der Waals surface area contributed by atoms with Crippen LogP contribution in [0.5, 0.6) is 0 Å². The number of aliphatic hydroxyl groups is 1. The summed E-state index contributed by atoms with van der Waals surface area (Å²) in [7, 11) is -1.59. The third kappa shape index (κ3) is 5.80. The van der Waals surface area contributed by atoms with Crippen molar-refractivity contribution in [3.63, 3.8) is 0 Å². The lowest BCUT2D eigenvalue weighted by Gasteiger charge is -2.56. The molecule has 1 aliphatic heterocycles. The summed E-state index contributed by atoms with van der Waals surface area (Å²) in [5.74, 6) is 3.71. The maximum absolute atomic E-state index is 12.6. The van der Waals surface area contributed by atoms with Gasteiger partial charge in [0.15, 0.2) is 0 Å². The average molecular weight is 424 g/mol. The first-order chi connectivity index (χ1) is 13.8. The molecule has 0 aromatic heterocycles. The molecule has 2 amide bonds. The van der Waals surface area contributed by atoms with Gasteiger partial charge in [0.2, 0.25) is 0 Å². The number of carbonyl (C=O) groups is 2. The Morgan fingerprint density at radius 3 is 2.48 bits per heavy atom. The maximum Gasteiger partial charge on any atom is 0.269 e. The lowest BCUT2D eigenvalue weighted by molar-refractivity contribution is -0.138. The smallest absolute Gasteiger partial charge is 0.269 e. The fourth-order valence-corrected chi connectivity index (χ4v) is 4.95. The first kappa shape index (κ1) is 22.9. The van der Waals surface area contributed by atoms with Crippen LogP contribution in [-0.4, -0.2) is 68.1 Å². The van der Waals surface area contributed by atoms with E-state index in [0.29, 0.717) is 12.0 Å². The van der Waals surface area contributed by atoms with E-state index in [1.165, 1.54) is 24.7 Å². The second kappa shape index (κ2) is 9.89. The van der Waals surface area contributed by atoms with E-state index in [-0.39, 0.29) is 23.7 Å². The molecule has 9 nitrogen and oxygen atoms in total. The molecule has 29 heavy (non-hydrogen) atoms. The second-order valence-corrected chi connectivity index (χ2v) is 8.69. The molecule has 0 saturated carbocycles. The standard InChI is InChI=1S/C19H24N2O7S/c1-28-19(12-29(26,27)13-19)16(18(24)21-25)20-17(23)15-9-7-14(8-10-15)6-4-2-3-5-11-22/h2-3,7-10,16,22,25-27H,5,11-13H2,1H3,(H,20,23)(H,21,24). The molecule has 1 fully saturated rings. The van der Waals surface area contributed by atoms with Crippen molar-refractivity contribution in [3.8, 4) is 11.8 Å². The first-order valence-corrected chi connectivity index (χ1v) is 10.6. The van der Waals surface area contributed by atoms with Gasteiger partial charge in [-0.15, -0.1) is 0 Å². The van der Waals surface area contributed by atoms with Gasteiger partial charge in [0, 0.05) is 24.8 Å². The van der Waals surface area contributed by atoms with Gasteiger partial charge in [-0.25, -0.2) is 5.48 Å². The minimum atomic E-state index is -2.88. The Balaban J connectivity index is 2.11. The predicted molar refractivity (Wildman–Crippen MR) is 108 cm³/mol.